The fourth-order valence-corrected chi connectivity index (χ4v) is 2.48. The molecule has 126 valence electrons. The van der Waals surface area contributed by atoms with E-state index in [0.29, 0.717) is 5.02 Å². The fourth-order valence-electron chi connectivity index (χ4n) is 2.28. The average molecular weight is 346 g/mol. The van der Waals surface area contributed by atoms with Gasteiger partial charge in [-0.2, -0.15) is 0 Å². The highest BCUT2D eigenvalue weighted by molar-refractivity contribution is 6.33. The van der Waals surface area contributed by atoms with Gasteiger partial charge in [0.15, 0.2) is 11.5 Å². The number of hydrogen-bond acceptors (Lipinski definition) is 4. The lowest BCUT2D eigenvalue weighted by Crippen LogP contribution is -2.14. The third-order valence-corrected chi connectivity index (χ3v) is 4.14. The van der Waals surface area contributed by atoms with E-state index in [9.17, 15) is 0 Å². The molecule has 0 unspecified atom stereocenters. The van der Waals surface area contributed by atoms with Crippen LogP contribution in [0.2, 0.25) is 5.02 Å². The highest BCUT2D eigenvalue weighted by Crippen LogP contribution is 2.37. The maximum atomic E-state index is 6.41. The summed E-state index contributed by atoms with van der Waals surface area (Å²) < 4.78 is 10.7. The van der Waals surface area contributed by atoms with E-state index in [1.807, 2.05) is 55.5 Å². The Balaban J connectivity index is 1.81. The number of anilines is 2. The number of halogens is 1. The van der Waals surface area contributed by atoms with Crippen molar-refractivity contribution in [2.45, 2.75) is 13.8 Å². The summed E-state index contributed by atoms with van der Waals surface area (Å²) >= 11 is 6.41. The Morgan fingerprint density at radius 2 is 2.04 bits per heavy atom. The van der Waals surface area contributed by atoms with E-state index >= 15 is 0 Å². The van der Waals surface area contributed by atoms with Crippen LogP contribution in [-0.4, -0.2) is 31.6 Å². The summed E-state index contributed by atoms with van der Waals surface area (Å²) in [7, 11) is 1.98. The maximum absolute atomic E-state index is 6.41. The molecule has 0 fully saturated rings. The van der Waals surface area contributed by atoms with Gasteiger partial charge in [-0.05, 0) is 43.7 Å². The quantitative estimate of drug-likeness (QED) is 0.628. The topological polar surface area (TPSA) is 46.1 Å². The molecule has 5 nitrogen and oxygen atoms in total. The molecule has 0 aliphatic carbocycles. The Hall–Kier alpha value is -2.40. The van der Waals surface area contributed by atoms with Gasteiger partial charge in [0.2, 0.25) is 6.79 Å². The van der Waals surface area contributed by atoms with Crippen molar-refractivity contribution in [3.05, 3.63) is 40.9 Å². The molecule has 2 aromatic carbocycles. The zero-order valence-corrected chi connectivity index (χ0v) is 14.7. The monoisotopic (exact) mass is 345 g/mol. The molecule has 2 aromatic rings. The third-order valence-electron chi connectivity index (χ3n) is 3.83. The summed E-state index contributed by atoms with van der Waals surface area (Å²) in [5, 5.41) is 3.93. The fraction of sp³-hybridized carbons (Fsp3) is 0.278. The van der Waals surface area contributed by atoms with E-state index in [1.54, 1.807) is 0 Å². The number of ether oxygens (including phenoxy) is 2. The normalized spacial score (nSPS) is 12.7. The van der Waals surface area contributed by atoms with E-state index in [1.165, 1.54) is 0 Å². The van der Waals surface area contributed by atoms with E-state index in [2.05, 4.69) is 17.2 Å². The summed E-state index contributed by atoms with van der Waals surface area (Å²) in [6, 6.07) is 9.57. The van der Waals surface area contributed by atoms with Crippen molar-refractivity contribution in [1.29, 1.82) is 0 Å². The van der Waals surface area contributed by atoms with Gasteiger partial charge in [0.1, 0.15) is 0 Å². The lowest BCUT2D eigenvalue weighted by Gasteiger charge is -2.13. The van der Waals surface area contributed by atoms with Gasteiger partial charge < -0.3 is 19.7 Å². The Morgan fingerprint density at radius 1 is 1.25 bits per heavy atom. The molecular weight excluding hydrogens is 326 g/mol. The van der Waals surface area contributed by atoms with Crippen LogP contribution >= 0.6 is 11.6 Å². The van der Waals surface area contributed by atoms with Crippen molar-refractivity contribution < 1.29 is 9.47 Å². The van der Waals surface area contributed by atoms with Crippen molar-refractivity contribution in [3.8, 4) is 11.5 Å². The van der Waals surface area contributed by atoms with Gasteiger partial charge in [0, 0.05) is 25.3 Å². The number of rotatable bonds is 5. The number of aliphatic imine (C=N–C) groups is 1. The SMILES string of the molecule is CCN(C)C=Nc1cc(Cl)c(Nc2ccc3c(c2)OCO3)cc1C. The Morgan fingerprint density at radius 3 is 2.83 bits per heavy atom. The van der Waals surface area contributed by atoms with Gasteiger partial charge in [-0.25, -0.2) is 4.99 Å². The smallest absolute Gasteiger partial charge is 0.231 e. The van der Waals surface area contributed by atoms with E-state index in [-0.39, 0.29) is 6.79 Å². The average Bonchev–Trinajstić information content (AvgIpc) is 3.04. The highest BCUT2D eigenvalue weighted by atomic mass is 35.5. The molecule has 0 saturated heterocycles. The molecule has 1 aliphatic heterocycles. The minimum absolute atomic E-state index is 0.261. The van der Waals surface area contributed by atoms with Crippen molar-refractivity contribution >= 4 is 35.0 Å². The Bertz CT molecular complexity index is 777. The van der Waals surface area contributed by atoms with Crippen LogP contribution in [0.15, 0.2) is 35.3 Å². The van der Waals surface area contributed by atoms with Crippen LogP contribution in [0, 0.1) is 6.92 Å². The molecule has 0 atom stereocenters. The van der Waals surface area contributed by atoms with Gasteiger partial charge in [-0.3, -0.25) is 0 Å². The van der Waals surface area contributed by atoms with E-state index in [4.69, 9.17) is 21.1 Å². The summed E-state index contributed by atoms with van der Waals surface area (Å²) in [4.78, 5) is 6.49. The Kier molecular flexibility index (Phi) is 4.81. The maximum Gasteiger partial charge on any atom is 0.231 e. The second-order valence-corrected chi connectivity index (χ2v) is 6.04. The molecule has 3 rings (SSSR count). The zero-order valence-electron chi connectivity index (χ0n) is 14.0. The van der Waals surface area contributed by atoms with Gasteiger partial charge in [0.25, 0.3) is 0 Å². The second kappa shape index (κ2) is 7.01. The first-order valence-corrected chi connectivity index (χ1v) is 8.16. The van der Waals surface area contributed by atoms with Crippen LogP contribution in [0.1, 0.15) is 12.5 Å². The van der Waals surface area contributed by atoms with Crippen LogP contribution in [0.5, 0.6) is 11.5 Å². The molecule has 1 aliphatic rings. The first-order chi connectivity index (χ1) is 11.6. The van der Waals surface area contributed by atoms with Gasteiger partial charge in [-0.1, -0.05) is 11.6 Å². The molecule has 0 spiro atoms. The molecule has 0 saturated carbocycles. The van der Waals surface area contributed by atoms with Gasteiger partial charge >= 0.3 is 0 Å². The summed E-state index contributed by atoms with van der Waals surface area (Å²) in [6.45, 7) is 5.25. The van der Waals surface area contributed by atoms with Gasteiger partial charge in [-0.15, -0.1) is 0 Å². The first-order valence-electron chi connectivity index (χ1n) is 7.78. The molecule has 0 amide bonds. The zero-order chi connectivity index (χ0) is 17.1. The van der Waals surface area contributed by atoms with Crippen molar-refractivity contribution in [3.63, 3.8) is 0 Å². The number of hydrogen-bond donors (Lipinski definition) is 1. The standard InChI is InChI=1S/C18H20ClN3O2/c1-4-22(3)10-20-15-9-14(19)16(7-12(15)2)21-13-5-6-17-18(8-13)24-11-23-17/h5-10,21H,4,11H2,1-3H3. The number of benzene rings is 2. The number of nitrogens with zero attached hydrogens (tertiary/aromatic N) is 2. The molecule has 0 bridgehead atoms. The molecule has 0 aromatic heterocycles. The first kappa shape index (κ1) is 16.5. The van der Waals surface area contributed by atoms with Crippen LogP contribution in [0.25, 0.3) is 0 Å². The number of fused-ring (bicyclic) bond motifs is 1. The lowest BCUT2D eigenvalue weighted by molar-refractivity contribution is 0.174. The molecular formula is C18H20ClN3O2. The molecule has 1 heterocycles. The number of aryl methyl sites for hydroxylation is 1. The van der Waals surface area contributed by atoms with Crippen LogP contribution in [-0.2, 0) is 0 Å². The second-order valence-electron chi connectivity index (χ2n) is 5.63. The van der Waals surface area contributed by atoms with E-state index < -0.39 is 0 Å². The third kappa shape index (κ3) is 3.57. The van der Waals surface area contributed by atoms with Crippen molar-refractivity contribution in [2.24, 2.45) is 4.99 Å². The summed E-state index contributed by atoms with van der Waals surface area (Å²) in [5.74, 6) is 1.49. The minimum Gasteiger partial charge on any atom is -0.454 e. The van der Waals surface area contributed by atoms with Crippen LogP contribution < -0.4 is 14.8 Å². The highest BCUT2D eigenvalue weighted by Gasteiger charge is 2.14. The van der Waals surface area contributed by atoms with Crippen molar-refractivity contribution in [2.75, 3.05) is 25.7 Å². The molecule has 1 N–H and O–H groups in total. The summed E-state index contributed by atoms with van der Waals surface area (Å²) in [5.41, 5.74) is 3.62. The van der Waals surface area contributed by atoms with Crippen LogP contribution in [0.3, 0.4) is 0 Å². The van der Waals surface area contributed by atoms with Crippen LogP contribution in [0.4, 0.5) is 17.1 Å². The van der Waals surface area contributed by atoms with E-state index in [0.717, 1.165) is 40.7 Å². The Labute approximate surface area is 146 Å². The molecule has 0 radical (unpaired) electrons. The van der Waals surface area contributed by atoms with Crippen molar-refractivity contribution in [1.82, 2.24) is 4.90 Å². The lowest BCUT2D eigenvalue weighted by atomic mass is 10.1. The molecule has 6 heteroatoms. The predicted molar refractivity (Wildman–Crippen MR) is 98.5 cm³/mol. The molecule has 24 heavy (non-hydrogen) atoms. The number of nitrogens with one attached hydrogen (secondary N) is 1. The van der Waals surface area contributed by atoms with Gasteiger partial charge in [0.05, 0.1) is 22.7 Å². The minimum atomic E-state index is 0.261. The predicted octanol–water partition coefficient (Wildman–Crippen LogP) is 4.73. The summed E-state index contributed by atoms with van der Waals surface area (Å²) in [6.07, 6.45) is 1.81. The largest absolute Gasteiger partial charge is 0.454 e.